The van der Waals surface area contributed by atoms with Crippen molar-refractivity contribution in [1.82, 2.24) is 4.90 Å². The molecule has 0 spiro atoms. The van der Waals surface area contributed by atoms with Crippen LogP contribution < -0.4 is 0 Å². The summed E-state index contributed by atoms with van der Waals surface area (Å²) in [4.78, 5) is 14.4. The van der Waals surface area contributed by atoms with Gasteiger partial charge in [0.05, 0.1) is 25.0 Å². The number of nitrogens with zero attached hydrogens (tertiary/aromatic N) is 3. The molecular weight excluding hydrogens is 482 g/mol. The highest BCUT2D eigenvalue weighted by Crippen LogP contribution is 2.67. The maximum absolute atomic E-state index is 12.9. The van der Waals surface area contributed by atoms with Crippen LogP contribution in [-0.4, -0.2) is 30.2 Å². The molecule has 4 rings (SSSR count). The molecule has 8 unspecified atom stereocenters. The summed E-state index contributed by atoms with van der Waals surface area (Å²) >= 11 is 0. The Morgan fingerprint density at radius 3 is 2.41 bits per heavy atom. The van der Waals surface area contributed by atoms with Crippen LogP contribution in [0.1, 0.15) is 118 Å². The van der Waals surface area contributed by atoms with Gasteiger partial charge in [0.15, 0.2) is 0 Å². The number of rotatable bonds is 10. The van der Waals surface area contributed by atoms with Crippen molar-refractivity contribution < 1.29 is 9.53 Å². The van der Waals surface area contributed by atoms with Gasteiger partial charge in [-0.1, -0.05) is 65.5 Å². The molecule has 39 heavy (non-hydrogen) atoms. The summed E-state index contributed by atoms with van der Waals surface area (Å²) in [6.07, 6.45) is 16.3. The lowest BCUT2D eigenvalue weighted by molar-refractivity contribution is -0.0593. The minimum Gasteiger partial charge on any atom is -0.446 e. The number of carbonyl (C=O) groups is 1. The molecule has 4 aliphatic rings. The van der Waals surface area contributed by atoms with Crippen molar-refractivity contribution in [2.24, 2.45) is 46.3 Å². The topological polar surface area (TPSA) is 77.1 Å². The lowest BCUT2D eigenvalue weighted by Crippen LogP contribution is -2.51. The Morgan fingerprint density at radius 1 is 1.03 bits per heavy atom. The highest BCUT2D eigenvalue weighted by Gasteiger charge is 2.59. The number of hydrogen-bond acceptors (Lipinski definition) is 4. The number of hydrogen-bond donors (Lipinski definition) is 0. The Bertz CT molecular complexity index is 958. The standard InChI is InChI=1S/C34H53N3O2/c1-24(2)9-6-10-25(3)29-13-14-30-28-12-11-26-23-27(39-32(38)37(21-7-19-35)22-8-20-36)15-17-33(26,4)31(28)16-18-34(29,30)5/h11,24-25,27-31H,6-10,12-18,21-23H2,1-5H3. The van der Waals surface area contributed by atoms with Crippen LogP contribution in [0, 0.1) is 69.0 Å². The molecule has 216 valence electrons. The molecule has 5 heteroatoms. The molecule has 5 nitrogen and oxygen atoms in total. The molecule has 4 aliphatic carbocycles. The predicted octanol–water partition coefficient (Wildman–Crippen LogP) is 8.66. The van der Waals surface area contributed by atoms with Crippen LogP contribution in [-0.2, 0) is 4.74 Å². The van der Waals surface area contributed by atoms with Crippen molar-refractivity contribution in [1.29, 1.82) is 10.5 Å². The average molecular weight is 536 g/mol. The average Bonchev–Trinajstić information content (AvgIpc) is 3.26. The molecule has 0 saturated heterocycles. The molecule has 8 atom stereocenters. The second-order valence-corrected chi connectivity index (χ2v) is 14.3. The first kappa shape index (κ1) is 30.0. The van der Waals surface area contributed by atoms with Gasteiger partial charge in [0, 0.05) is 19.5 Å². The summed E-state index contributed by atoms with van der Waals surface area (Å²) in [5, 5.41) is 17.9. The summed E-state index contributed by atoms with van der Waals surface area (Å²) in [6.45, 7) is 13.1. The number of ether oxygens (including phenoxy) is 1. The van der Waals surface area contributed by atoms with E-state index < -0.39 is 0 Å². The zero-order valence-corrected chi connectivity index (χ0v) is 25.4. The van der Waals surface area contributed by atoms with Gasteiger partial charge < -0.3 is 9.64 Å². The quantitative estimate of drug-likeness (QED) is 0.262. The maximum Gasteiger partial charge on any atom is 0.410 e. The van der Waals surface area contributed by atoms with E-state index in [4.69, 9.17) is 15.3 Å². The van der Waals surface area contributed by atoms with E-state index in [1.807, 2.05) is 0 Å². The SMILES string of the molecule is CC(C)CCCC(C)C1CCC2C3CC=C4CC(OC(=O)N(CCC#N)CCC#N)CCC4(C)C3CCC12C. The fraction of sp³-hybridized carbons (Fsp3) is 0.853. The number of fused-ring (bicyclic) bond motifs is 5. The van der Waals surface area contributed by atoms with Gasteiger partial charge in [-0.15, -0.1) is 0 Å². The van der Waals surface area contributed by atoms with Crippen LogP contribution in [0.2, 0.25) is 0 Å². The summed E-state index contributed by atoms with van der Waals surface area (Å²) in [5.74, 6) is 4.95. The Balaban J connectivity index is 1.40. The normalized spacial score (nSPS) is 36.0. The van der Waals surface area contributed by atoms with E-state index >= 15 is 0 Å². The molecule has 0 aromatic rings. The Kier molecular flexibility index (Phi) is 9.73. The van der Waals surface area contributed by atoms with Crippen LogP contribution >= 0.6 is 0 Å². The smallest absolute Gasteiger partial charge is 0.410 e. The van der Waals surface area contributed by atoms with E-state index in [9.17, 15) is 4.79 Å². The first-order valence-electron chi connectivity index (χ1n) is 16.0. The third-order valence-corrected chi connectivity index (χ3v) is 11.8. The van der Waals surface area contributed by atoms with Crippen molar-refractivity contribution in [3.8, 4) is 12.1 Å². The third kappa shape index (κ3) is 6.19. The fourth-order valence-electron chi connectivity index (χ4n) is 9.63. The van der Waals surface area contributed by atoms with Crippen molar-refractivity contribution in [3.63, 3.8) is 0 Å². The largest absolute Gasteiger partial charge is 0.446 e. The highest BCUT2D eigenvalue weighted by atomic mass is 16.6. The van der Waals surface area contributed by atoms with E-state index in [0.29, 0.717) is 18.5 Å². The molecule has 3 saturated carbocycles. The Labute approximate surface area is 238 Å². The molecule has 0 aromatic carbocycles. The van der Waals surface area contributed by atoms with Gasteiger partial charge in [0.1, 0.15) is 6.10 Å². The zero-order chi connectivity index (χ0) is 28.2. The van der Waals surface area contributed by atoms with Gasteiger partial charge in [-0.2, -0.15) is 10.5 Å². The first-order chi connectivity index (χ1) is 18.6. The number of nitriles is 2. The molecule has 0 bridgehead atoms. The van der Waals surface area contributed by atoms with E-state index in [2.05, 4.69) is 52.8 Å². The molecular formula is C34H53N3O2. The highest BCUT2D eigenvalue weighted by molar-refractivity contribution is 5.68. The predicted molar refractivity (Wildman–Crippen MR) is 155 cm³/mol. The van der Waals surface area contributed by atoms with Crippen LogP contribution in [0.15, 0.2) is 11.6 Å². The molecule has 0 aromatic heterocycles. The maximum atomic E-state index is 12.9. The molecule has 1 amide bonds. The lowest BCUT2D eigenvalue weighted by Gasteiger charge is -2.58. The fourth-order valence-corrected chi connectivity index (χ4v) is 9.63. The second kappa shape index (κ2) is 12.7. The van der Waals surface area contributed by atoms with Crippen molar-refractivity contribution in [3.05, 3.63) is 11.6 Å². The van der Waals surface area contributed by atoms with Gasteiger partial charge in [-0.3, -0.25) is 0 Å². The van der Waals surface area contributed by atoms with Crippen LogP contribution in [0.5, 0.6) is 0 Å². The van der Waals surface area contributed by atoms with Crippen LogP contribution in [0.25, 0.3) is 0 Å². The Hall–Kier alpha value is -2.01. The monoisotopic (exact) mass is 535 g/mol. The van der Waals surface area contributed by atoms with Gasteiger partial charge in [-0.25, -0.2) is 4.79 Å². The minimum absolute atomic E-state index is 0.101. The van der Waals surface area contributed by atoms with Gasteiger partial charge in [-0.05, 0) is 91.3 Å². The number of amides is 1. The van der Waals surface area contributed by atoms with E-state index in [-0.39, 0.29) is 30.5 Å². The van der Waals surface area contributed by atoms with Crippen LogP contribution in [0.3, 0.4) is 0 Å². The zero-order valence-electron chi connectivity index (χ0n) is 25.4. The molecule has 0 radical (unpaired) electrons. The molecule has 0 aliphatic heterocycles. The molecule has 3 fully saturated rings. The van der Waals surface area contributed by atoms with E-state index in [0.717, 1.165) is 54.8 Å². The summed E-state index contributed by atoms with van der Waals surface area (Å²) in [6, 6.07) is 4.20. The van der Waals surface area contributed by atoms with Gasteiger partial charge >= 0.3 is 6.09 Å². The van der Waals surface area contributed by atoms with Gasteiger partial charge in [0.25, 0.3) is 0 Å². The lowest BCUT2D eigenvalue weighted by atomic mass is 9.47. The Morgan fingerprint density at radius 2 is 1.74 bits per heavy atom. The van der Waals surface area contributed by atoms with E-state index in [1.54, 1.807) is 0 Å². The number of allylic oxidation sites excluding steroid dienone is 1. The summed E-state index contributed by atoms with van der Waals surface area (Å²) < 4.78 is 5.98. The third-order valence-electron chi connectivity index (χ3n) is 11.8. The van der Waals surface area contributed by atoms with Crippen molar-refractivity contribution >= 4 is 6.09 Å². The van der Waals surface area contributed by atoms with Gasteiger partial charge in [0.2, 0.25) is 0 Å². The molecule has 0 heterocycles. The summed E-state index contributed by atoms with van der Waals surface area (Å²) in [7, 11) is 0. The van der Waals surface area contributed by atoms with Crippen LogP contribution in [0.4, 0.5) is 4.79 Å². The van der Waals surface area contributed by atoms with E-state index in [1.165, 1.54) is 61.8 Å². The second-order valence-electron chi connectivity index (χ2n) is 14.3. The summed E-state index contributed by atoms with van der Waals surface area (Å²) in [5.41, 5.74) is 2.26. The van der Waals surface area contributed by atoms with Crippen molar-refractivity contribution in [2.75, 3.05) is 13.1 Å². The molecule has 0 N–H and O–H groups in total. The first-order valence-corrected chi connectivity index (χ1v) is 16.0. The number of carbonyl (C=O) groups excluding carboxylic acids is 1. The minimum atomic E-state index is -0.365. The van der Waals surface area contributed by atoms with Crippen molar-refractivity contribution in [2.45, 2.75) is 124 Å².